The maximum atomic E-state index is 12.6. The standard InChI is InChI=1S/C18H25N5O3S/c24-17(23-7-8-27-12-23)15-9-14(11-19-15)21-3-5-22(6-4-21)16-2-1-13(10-20-16)18(25)26/h1-2,10,14-15,19H,3-9,11-12H2,(H,25,26)/t14-,15-/m0/s1. The molecule has 1 aromatic heterocycles. The van der Waals surface area contributed by atoms with Gasteiger partial charge in [0.25, 0.3) is 0 Å². The van der Waals surface area contributed by atoms with E-state index in [-0.39, 0.29) is 17.5 Å². The number of rotatable bonds is 4. The molecule has 0 spiro atoms. The zero-order valence-electron chi connectivity index (χ0n) is 15.2. The summed E-state index contributed by atoms with van der Waals surface area (Å²) in [5, 5.41) is 12.4. The topological polar surface area (TPSA) is 89.0 Å². The second-order valence-electron chi connectivity index (χ2n) is 7.22. The van der Waals surface area contributed by atoms with Gasteiger partial charge in [-0.05, 0) is 18.6 Å². The Kier molecular flexibility index (Phi) is 5.51. The van der Waals surface area contributed by atoms with Crippen molar-refractivity contribution < 1.29 is 14.7 Å². The highest BCUT2D eigenvalue weighted by Crippen LogP contribution is 2.22. The first-order chi connectivity index (χ1) is 13.1. The molecule has 4 rings (SSSR count). The summed E-state index contributed by atoms with van der Waals surface area (Å²) in [4.78, 5) is 34.4. The van der Waals surface area contributed by atoms with E-state index >= 15 is 0 Å². The number of anilines is 1. The normalized spacial score (nSPS) is 26.5. The molecule has 27 heavy (non-hydrogen) atoms. The molecule has 2 atom stereocenters. The van der Waals surface area contributed by atoms with Crippen molar-refractivity contribution in [2.45, 2.75) is 18.5 Å². The number of aromatic nitrogens is 1. The lowest BCUT2D eigenvalue weighted by molar-refractivity contribution is -0.131. The van der Waals surface area contributed by atoms with Gasteiger partial charge in [0.1, 0.15) is 5.82 Å². The molecule has 9 heteroatoms. The van der Waals surface area contributed by atoms with E-state index in [2.05, 4.69) is 20.1 Å². The highest BCUT2D eigenvalue weighted by atomic mass is 32.2. The first kappa shape index (κ1) is 18.5. The fraction of sp³-hybridized carbons (Fsp3) is 0.611. The second-order valence-corrected chi connectivity index (χ2v) is 8.30. The van der Waals surface area contributed by atoms with Gasteiger partial charge >= 0.3 is 5.97 Å². The van der Waals surface area contributed by atoms with Crippen LogP contribution in [-0.2, 0) is 4.79 Å². The molecular weight excluding hydrogens is 366 g/mol. The van der Waals surface area contributed by atoms with Gasteiger partial charge in [-0.1, -0.05) is 0 Å². The Bertz CT molecular complexity index is 687. The van der Waals surface area contributed by atoms with Gasteiger partial charge in [-0.15, -0.1) is 11.8 Å². The molecule has 3 fully saturated rings. The maximum absolute atomic E-state index is 12.6. The predicted octanol–water partition coefficient (Wildman–Crippen LogP) is 0.165. The zero-order chi connectivity index (χ0) is 18.8. The van der Waals surface area contributed by atoms with Crippen LogP contribution in [0, 0.1) is 0 Å². The summed E-state index contributed by atoms with van der Waals surface area (Å²) in [5.74, 6) is 2.00. The number of carboxylic acids is 1. The van der Waals surface area contributed by atoms with E-state index in [1.807, 2.05) is 16.7 Å². The summed E-state index contributed by atoms with van der Waals surface area (Å²) < 4.78 is 0. The lowest BCUT2D eigenvalue weighted by atomic mass is 10.1. The number of nitrogens with one attached hydrogen (secondary N) is 1. The van der Waals surface area contributed by atoms with Crippen LogP contribution in [0.4, 0.5) is 5.82 Å². The van der Waals surface area contributed by atoms with Gasteiger partial charge in [0, 0.05) is 57.3 Å². The summed E-state index contributed by atoms with van der Waals surface area (Å²) in [6.45, 7) is 5.31. The summed E-state index contributed by atoms with van der Waals surface area (Å²) in [5.41, 5.74) is 0.210. The van der Waals surface area contributed by atoms with Crippen LogP contribution >= 0.6 is 11.8 Å². The number of amides is 1. The van der Waals surface area contributed by atoms with Crippen LogP contribution in [-0.4, -0.2) is 94.7 Å². The molecule has 3 aliphatic heterocycles. The summed E-state index contributed by atoms with van der Waals surface area (Å²) in [7, 11) is 0. The van der Waals surface area contributed by atoms with E-state index < -0.39 is 5.97 Å². The minimum Gasteiger partial charge on any atom is -0.478 e. The zero-order valence-corrected chi connectivity index (χ0v) is 16.0. The number of thioether (sulfide) groups is 1. The molecule has 0 aromatic carbocycles. The minimum absolute atomic E-state index is 0.0445. The van der Waals surface area contributed by atoms with E-state index in [1.165, 1.54) is 6.20 Å². The van der Waals surface area contributed by atoms with E-state index in [1.54, 1.807) is 12.1 Å². The number of carbonyl (C=O) groups is 2. The molecule has 8 nitrogen and oxygen atoms in total. The van der Waals surface area contributed by atoms with Crippen LogP contribution < -0.4 is 10.2 Å². The highest BCUT2D eigenvalue weighted by Gasteiger charge is 2.36. The third kappa shape index (κ3) is 4.04. The quantitative estimate of drug-likeness (QED) is 0.751. The molecule has 0 bridgehead atoms. The number of hydrogen-bond acceptors (Lipinski definition) is 7. The monoisotopic (exact) mass is 391 g/mol. The van der Waals surface area contributed by atoms with Crippen molar-refractivity contribution in [1.29, 1.82) is 0 Å². The SMILES string of the molecule is O=C(O)c1ccc(N2CCN([C@@H]3CN[C@H](C(=O)N4CCSC4)C3)CC2)nc1. The molecule has 3 aliphatic rings. The molecule has 1 amide bonds. The van der Waals surface area contributed by atoms with Gasteiger partial charge in [0.2, 0.25) is 5.91 Å². The number of aromatic carboxylic acids is 1. The van der Waals surface area contributed by atoms with Gasteiger partial charge in [0.15, 0.2) is 0 Å². The third-order valence-electron chi connectivity index (χ3n) is 5.62. The van der Waals surface area contributed by atoms with Crippen LogP contribution in [0.2, 0.25) is 0 Å². The smallest absolute Gasteiger partial charge is 0.337 e. The second kappa shape index (κ2) is 8.04. The van der Waals surface area contributed by atoms with Crippen LogP contribution in [0.3, 0.4) is 0 Å². The highest BCUT2D eigenvalue weighted by molar-refractivity contribution is 7.99. The molecule has 4 heterocycles. The number of carbonyl (C=O) groups excluding carboxylic acids is 1. The predicted molar refractivity (Wildman–Crippen MR) is 104 cm³/mol. The number of nitrogens with zero attached hydrogens (tertiary/aromatic N) is 4. The Labute approximate surface area is 162 Å². The summed E-state index contributed by atoms with van der Waals surface area (Å²) >= 11 is 1.82. The summed E-state index contributed by atoms with van der Waals surface area (Å²) in [6.07, 6.45) is 2.29. The molecule has 3 saturated heterocycles. The van der Waals surface area contributed by atoms with E-state index in [4.69, 9.17) is 5.11 Å². The Morgan fingerprint density at radius 1 is 1.19 bits per heavy atom. The van der Waals surface area contributed by atoms with Gasteiger partial charge in [-0.2, -0.15) is 0 Å². The number of piperazine rings is 1. The lowest BCUT2D eigenvalue weighted by Gasteiger charge is -2.38. The first-order valence-electron chi connectivity index (χ1n) is 9.40. The number of hydrogen-bond donors (Lipinski definition) is 2. The lowest BCUT2D eigenvalue weighted by Crippen LogP contribution is -2.51. The van der Waals surface area contributed by atoms with Crippen molar-refractivity contribution in [2.75, 3.05) is 55.8 Å². The van der Waals surface area contributed by atoms with Crippen molar-refractivity contribution in [1.82, 2.24) is 20.1 Å². The van der Waals surface area contributed by atoms with E-state index in [9.17, 15) is 9.59 Å². The Hall–Kier alpha value is -1.84. The van der Waals surface area contributed by atoms with Gasteiger partial charge in [-0.25, -0.2) is 9.78 Å². The Morgan fingerprint density at radius 3 is 2.63 bits per heavy atom. The molecular formula is C18H25N5O3S. The third-order valence-corrected chi connectivity index (χ3v) is 6.59. The van der Waals surface area contributed by atoms with Crippen LogP contribution in [0.5, 0.6) is 0 Å². The molecule has 0 radical (unpaired) electrons. The van der Waals surface area contributed by atoms with E-state index in [0.29, 0.717) is 6.04 Å². The minimum atomic E-state index is -0.954. The largest absolute Gasteiger partial charge is 0.478 e. The Balaban J connectivity index is 1.28. The van der Waals surface area contributed by atoms with Crippen LogP contribution in [0.1, 0.15) is 16.8 Å². The molecule has 2 N–H and O–H groups in total. The van der Waals surface area contributed by atoms with Gasteiger partial charge < -0.3 is 20.2 Å². The van der Waals surface area contributed by atoms with Gasteiger partial charge in [-0.3, -0.25) is 9.69 Å². The fourth-order valence-electron chi connectivity index (χ4n) is 4.01. The molecule has 146 valence electrons. The summed E-state index contributed by atoms with van der Waals surface area (Å²) in [6, 6.07) is 3.74. The van der Waals surface area contributed by atoms with Crippen molar-refractivity contribution in [2.24, 2.45) is 0 Å². The van der Waals surface area contributed by atoms with Crippen molar-refractivity contribution >= 4 is 29.5 Å². The number of pyridine rings is 1. The molecule has 0 saturated carbocycles. The van der Waals surface area contributed by atoms with E-state index in [0.717, 1.165) is 63.1 Å². The van der Waals surface area contributed by atoms with Crippen LogP contribution in [0.25, 0.3) is 0 Å². The van der Waals surface area contributed by atoms with Gasteiger partial charge in [0.05, 0.1) is 17.5 Å². The van der Waals surface area contributed by atoms with Crippen molar-refractivity contribution in [3.63, 3.8) is 0 Å². The first-order valence-corrected chi connectivity index (χ1v) is 10.6. The van der Waals surface area contributed by atoms with Crippen molar-refractivity contribution in [3.8, 4) is 0 Å². The average Bonchev–Trinajstić information content (AvgIpc) is 3.40. The average molecular weight is 391 g/mol. The Morgan fingerprint density at radius 2 is 2.00 bits per heavy atom. The van der Waals surface area contributed by atoms with Crippen LogP contribution in [0.15, 0.2) is 18.3 Å². The maximum Gasteiger partial charge on any atom is 0.337 e. The van der Waals surface area contributed by atoms with Crippen molar-refractivity contribution in [3.05, 3.63) is 23.9 Å². The molecule has 1 aromatic rings. The molecule has 0 aliphatic carbocycles. The number of carboxylic acid groups (broad SMARTS) is 1. The molecule has 0 unspecified atom stereocenters. The fourth-order valence-corrected chi connectivity index (χ4v) is 4.96.